The van der Waals surface area contributed by atoms with Crippen molar-refractivity contribution in [3.63, 3.8) is 0 Å². The maximum Gasteiger partial charge on any atom is 0.348 e. The summed E-state index contributed by atoms with van der Waals surface area (Å²) in [6, 6.07) is 9.91. The number of fused-ring (bicyclic) bond motifs is 1. The number of nitrogens with one attached hydrogen (secondary N) is 1. The van der Waals surface area contributed by atoms with Crippen molar-refractivity contribution in [3.8, 4) is 0 Å². The number of nitrogens with zero attached hydrogens (tertiary/aromatic N) is 2. The molecular formula is C25H33N3O5S. The maximum atomic E-state index is 12.9. The molecule has 0 bridgehead atoms. The molecule has 2 heterocycles. The predicted molar refractivity (Wildman–Crippen MR) is 133 cm³/mol. The van der Waals surface area contributed by atoms with Gasteiger partial charge >= 0.3 is 5.97 Å². The van der Waals surface area contributed by atoms with Crippen LogP contribution < -0.4 is 5.56 Å². The Kier molecular flexibility index (Phi) is 8.59. The molecule has 8 nitrogen and oxygen atoms in total. The number of aromatic amines is 1. The van der Waals surface area contributed by atoms with Crippen LogP contribution in [-0.2, 0) is 29.0 Å². The average molecular weight is 488 g/mol. The van der Waals surface area contributed by atoms with E-state index >= 15 is 0 Å². The van der Waals surface area contributed by atoms with Crippen LogP contribution in [0.4, 0.5) is 0 Å². The highest BCUT2D eigenvalue weighted by Crippen LogP contribution is 2.29. The fraction of sp³-hybridized carbons (Fsp3) is 0.480. The smallest absolute Gasteiger partial charge is 0.348 e. The van der Waals surface area contributed by atoms with Gasteiger partial charge in [-0.3, -0.25) is 9.69 Å². The van der Waals surface area contributed by atoms with Gasteiger partial charge in [-0.1, -0.05) is 37.3 Å². The maximum absolute atomic E-state index is 12.9. The van der Waals surface area contributed by atoms with Crippen LogP contribution >= 0.6 is 11.3 Å². The minimum Gasteiger partial charge on any atom is -0.465 e. The minimum absolute atomic E-state index is 0.199. The van der Waals surface area contributed by atoms with Gasteiger partial charge in [0.1, 0.15) is 15.5 Å². The summed E-state index contributed by atoms with van der Waals surface area (Å²) in [4.78, 5) is 35.6. The van der Waals surface area contributed by atoms with E-state index in [1.807, 2.05) is 62.9 Å². The molecule has 34 heavy (non-hydrogen) atoms. The molecule has 0 fully saturated rings. The fourth-order valence-electron chi connectivity index (χ4n) is 3.71. The average Bonchev–Trinajstić information content (AvgIpc) is 3.16. The van der Waals surface area contributed by atoms with Gasteiger partial charge in [0, 0.05) is 13.1 Å². The molecule has 0 saturated carbocycles. The molecule has 1 unspecified atom stereocenters. The number of methoxy groups -OCH3 is 1. The Morgan fingerprint density at radius 1 is 1.24 bits per heavy atom. The number of rotatable bonds is 10. The number of benzene rings is 1. The largest absolute Gasteiger partial charge is 0.465 e. The molecule has 1 atom stereocenters. The molecule has 184 valence electrons. The van der Waals surface area contributed by atoms with Gasteiger partial charge in [-0.2, -0.15) is 0 Å². The molecule has 0 amide bonds. The van der Waals surface area contributed by atoms with E-state index in [4.69, 9.17) is 9.47 Å². The fourth-order valence-corrected chi connectivity index (χ4v) is 4.92. The summed E-state index contributed by atoms with van der Waals surface area (Å²) in [5.74, 6) is 0.00571. The lowest BCUT2D eigenvalue weighted by molar-refractivity contribution is -0.0574. The Morgan fingerprint density at radius 3 is 2.56 bits per heavy atom. The molecule has 3 rings (SSSR count). The molecule has 1 aromatic carbocycles. The zero-order valence-electron chi connectivity index (χ0n) is 20.4. The topological polar surface area (TPSA) is 105 Å². The van der Waals surface area contributed by atoms with Gasteiger partial charge in [0.25, 0.3) is 5.56 Å². The number of esters is 1. The lowest BCUT2D eigenvalue weighted by atomic mass is 10.1. The van der Waals surface area contributed by atoms with Crippen LogP contribution in [0.5, 0.6) is 0 Å². The molecule has 0 saturated heterocycles. The zero-order chi connectivity index (χ0) is 24.9. The Bertz CT molecular complexity index is 1170. The highest BCUT2D eigenvalue weighted by molar-refractivity contribution is 7.20. The van der Waals surface area contributed by atoms with E-state index in [1.54, 1.807) is 0 Å². The third-order valence-electron chi connectivity index (χ3n) is 5.23. The van der Waals surface area contributed by atoms with Crippen LogP contribution in [0.25, 0.3) is 10.2 Å². The first-order valence-corrected chi connectivity index (χ1v) is 12.1. The Labute approximate surface area is 203 Å². The van der Waals surface area contributed by atoms with E-state index in [9.17, 15) is 14.7 Å². The van der Waals surface area contributed by atoms with Crippen molar-refractivity contribution < 1.29 is 19.4 Å². The summed E-state index contributed by atoms with van der Waals surface area (Å²) >= 11 is 1.17. The van der Waals surface area contributed by atoms with E-state index in [0.717, 1.165) is 5.56 Å². The molecule has 0 spiro atoms. The van der Waals surface area contributed by atoms with Crippen molar-refractivity contribution in [2.75, 3.05) is 20.3 Å². The van der Waals surface area contributed by atoms with Crippen LogP contribution in [0.15, 0.2) is 35.1 Å². The standard InChI is InChI=1S/C25H33N3O5S/c1-6-18-20-22(30)26-19(27-23(20)34-21(18)24(31)32-5)14-28(12-16-10-8-7-9-11-16)13-17(29)15-33-25(2,3)4/h7-11,17,29H,6,12-15H2,1-5H3,(H,26,27,30). The number of H-pyrrole nitrogens is 1. The van der Waals surface area contributed by atoms with Crippen LogP contribution in [0, 0.1) is 0 Å². The van der Waals surface area contributed by atoms with Crippen molar-refractivity contribution >= 4 is 27.5 Å². The quantitative estimate of drug-likeness (QED) is 0.422. The van der Waals surface area contributed by atoms with Crippen LogP contribution in [0.3, 0.4) is 0 Å². The van der Waals surface area contributed by atoms with Gasteiger partial charge in [0.15, 0.2) is 0 Å². The summed E-state index contributed by atoms with van der Waals surface area (Å²) < 4.78 is 10.6. The van der Waals surface area contributed by atoms with Gasteiger partial charge in [-0.05, 0) is 38.3 Å². The van der Waals surface area contributed by atoms with Crippen molar-refractivity contribution in [2.24, 2.45) is 0 Å². The number of ether oxygens (including phenoxy) is 2. The monoisotopic (exact) mass is 487 g/mol. The molecule has 0 radical (unpaired) electrons. The van der Waals surface area contributed by atoms with Crippen molar-refractivity contribution in [3.05, 3.63) is 62.5 Å². The Hall–Kier alpha value is -2.59. The molecule has 2 N–H and O–H groups in total. The van der Waals surface area contributed by atoms with Crippen LogP contribution in [0.2, 0.25) is 0 Å². The summed E-state index contributed by atoms with van der Waals surface area (Å²) in [6.45, 7) is 9.14. The van der Waals surface area contributed by atoms with Crippen molar-refractivity contribution in [1.29, 1.82) is 0 Å². The number of aryl methyl sites for hydroxylation is 1. The van der Waals surface area contributed by atoms with E-state index in [1.165, 1.54) is 18.4 Å². The highest BCUT2D eigenvalue weighted by atomic mass is 32.1. The van der Waals surface area contributed by atoms with Crippen LogP contribution in [0.1, 0.15) is 54.3 Å². The number of thiophene rings is 1. The molecular weight excluding hydrogens is 454 g/mol. The first kappa shape index (κ1) is 26.0. The number of carbonyl (C=O) groups is 1. The van der Waals surface area contributed by atoms with E-state index in [0.29, 0.717) is 52.5 Å². The number of aliphatic hydroxyl groups excluding tert-OH is 1. The molecule has 2 aromatic heterocycles. The van der Waals surface area contributed by atoms with Gasteiger partial charge in [0.05, 0.1) is 37.4 Å². The lowest BCUT2D eigenvalue weighted by Gasteiger charge is -2.27. The zero-order valence-corrected chi connectivity index (χ0v) is 21.2. The number of hydrogen-bond acceptors (Lipinski definition) is 8. The molecule has 0 aliphatic heterocycles. The summed E-state index contributed by atoms with van der Waals surface area (Å²) in [6.07, 6.45) is -0.188. The summed E-state index contributed by atoms with van der Waals surface area (Å²) in [5.41, 5.74) is 1.10. The van der Waals surface area contributed by atoms with E-state index in [2.05, 4.69) is 9.97 Å². The lowest BCUT2D eigenvalue weighted by Crippen LogP contribution is -2.37. The molecule has 0 aliphatic carbocycles. The Balaban J connectivity index is 1.89. The predicted octanol–water partition coefficient (Wildman–Crippen LogP) is 3.51. The van der Waals surface area contributed by atoms with Crippen LogP contribution in [-0.4, -0.2) is 57.9 Å². The van der Waals surface area contributed by atoms with Crippen molar-refractivity contribution in [1.82, 2.24) is 14.9 Å². The molecule has 9 heteroatoms. The Morgan fingerprint density at radius 2 is 1.94 bits per heavy atom. The summed E-state index contributed by atoms with van der Waals surface area (Å²) in [7, 11) is 1.32. The first-order chi connectivity index (χ1) is 16.1. The van der Waals surface area contributed by atoms with Gasteiger partial charge in [-0.25, -0.2) is 9.78 Å². The normalized spacial score (nSPS) is 12.9. The third-order valence-corrected chi connectivity index (χ3v) is 6.34. The SMILES string of the molecule is CCc1c(C(=O)OC)sc2nc(CN(Cc3ccccc3)CC(O)COC(C)(C)C)[nH]c(=O)c12. The first-order valence-electron chi connectivity index (χ1n) is 11.3. The van der Waals surface area contributed by atoms with Gasteiger partial charge < -0.3 is 19.6 Å². The number of carbonyl (C=O) groups excluding carboxylic acids is 1. The molecule has 3 aromatic rings. The highest BCUT2D eigenvalue weighted by Gasteiger charge is 2.23. The number of hydrogen-bond donors (Lipinski definition) is 2. The van der Waals surface area contributed by atoms with E-state index < -0.39 is 12.1 Å². The van der Waals surface area contributed by atoms with Gasteiger partial charge in [-0.15, -0.1) is 11.3 Å². The minimum atomic E-state index is -0.710. The third kappa shape index (κ3) is 6.73. The second-order valence-corrected chi connectivity index (χ2v) is 10.2. The van der Waals surface area contributed by atoms with Crippen molar-refractivity contribution in [2.45, 2.75) is 58.9 Å². The molecule has 0 aliphatic rings. The number of aromatic nitrogens is 2. The second kappa shape index (κ2) is 11.2. The van der Waals surface area contributed by atoms with Gasteiger partial charge in [0.2, 0.25) is 0 Å². The second-order valence-electron chi connectivity index (χ2n) is 9.18. The number of aliphatic hydroxyl groups is 1. The van der Waals surface area contributed by atoms with E-state index in [-0.39, 0.29) is 17.8 Å². The summed E-state index contributed by atoms with van der Waals surface area (Å²) in [5, 5.41) is 11.1.